The minimum absolute atomic E-state index is 0.194. The van der Waals surface area contributed by atoms with E-state index in [9.17, 15) is 4.79 Å². The van der Waals surface area contributed by atoms with Crippen LogP contribution in [0.4, 0.5) is 0 Å². The Balaban J connectivity index is 1.17. The number of hydrogen-bond donors (Lipinski definition) is 1. The number of amides is 1. The van der Waals surface area contributed by atoms with E-state index >= 15 is 0 Å². The van der Waals surface area contributed by atoms with Crippen molar-refractivity contribution in [3.8, 4) is 0 Å². The summed E-state index contributed by atoms with van der Waals surface area (Å²) in [4.78, 5) is 14.5. The molecule has 0 radical (unpaired) electrons. The molecule has 1 aliphatic heterocycles. The molecule has 5 heteroatoms. The highest BCUT2D eigenvalue weighted by atomic mass is 16.1. The van der Waals surface area contributed by atoms with Crippen molar-refractivity contribution >= 4 is 5.91 Å². The number of carbonyl (C=O) groups excluding carboxylic acids is 1. The van der Waals surface area contributed by atoms with Crippen LogP contribution in [0.15, 0.2) is 30.3 Å². The van der Waals surface area contributed by atoms with E-state index in [4.69, 9.17) is 0 Å². The molecule has 1 aliphatic carbocycles. The molecule has 1 saturated heterocycles. The Labute approximate surface area is 180 Å². The molecule has 2 aliphatic rings. The van der Waals surface area contributed by atoms with E-state index in [2.05, 4.69) is 52.6 Å². The van der Waals surface area contributed by atoms with E-state index in [1.54, 1.807) is 0 Å². The van der Waals surface area contributed by atoms with Crippen molar-refractivity contribution in [1.29, 1.82) is 0 Å². The number of hydrogen-bond acceptors (Lipinski definition) is 3. The first-order chi connectivity index (χ1) is 14.5. The molecule has 1 amide bonds. The Morgan fingerprint density at radius 2 is 1.77 bits per heavy atom. The highest BCUT2D eigenvalue weighted by molar-refractivity contribution is 5.76. The standard InChI is InChI=1S/C25H36N4O/c1-19-15-24(28(2)27-19)18-29-13-11-22(12-14-29)16-21-5-3-20(4-6-21)9-10-25(30)26-17-23-7-8-23/h3-6,15,22-23H,7-14,16-18H2,1-2H3,(H,26,30). The number of rotatable bonds is 9. The molecule has 162 valence electrons. The highest BCUT2D eigenvalue weighted by Crippen LogP contribution is 2.27. The van der Waals surface area contributed by atoms with Gasteiger partial charge in [0.15, 0.2) is 0 Å². The minimum Gasteiger partial charge on any atom is -0.356 e. The maximum atomic E-state index is 11.9. The van der Waals surface area contributed by atoms with Gasteiger partial charge in [0.05, 0.1) is 11.4 Å². The average Bonchev–Trinajstić information content (AvgIpc) is 3.51. The zero-order chi connectivity index (χ0) is 20.9. The Morgan fingerprint density at radius 3 is 2.40 bits per heavy atom. The highest BCUT2D eigenvalue weighted by Gasteiger charge is 2.22. The predicted octanol–water partition coefficient (Wildman–Crippen LogP) is 3.64. The van der Waals surface area contributed by atoms with Gasteiger partial charge in [-0.1, -0.05) is 24.3 Å². The van der Waals surface area contributed by atoms with E-state index in [1.165, 1.54) is 62.0 Å². The van der Waals surface area contributed by atoms with Crippen molar-refractivity contribution in [3.05, 3.63) is 52.8 Å². The second-order valence-electron chi connectivity index (χ2n) is 9.39. The van der Waals surface area contributed by atoms with Crippen molar-refractivity contribution in [3.63, 3.8) is 0 Å². The van der Waals surface area contributed by atoms with Crippen LogP contribution in [0, 0.1) is 18.8 Å². The van der Waals surface area contributed by atoms with E-state index in [-0.39, 0.29) is 5.91 Å². The van der Waals surface area contributed by atoms with Gasteiger partial charge in [-0.2, -0.15) is 5.10 Å². The summed E-state index contributed by atoms with van der Waals surface area (Å²) in [5.41, 5.74) is 5.10. The normalized spacial score (nSPS) is 17.9. The van der Waals surface area contributed by atoms with E-state index in [0.717, 1.165) is 37.0 Å². The lowest BCUT2D eigenvalue weighted by molar-refractivity contribution is -0.121. The van der Waals surface area contributed by atoms with Crippen LogP contribution in [0.5, 0.6) is 0 Å². The summed E-state index contributed by atoms with van der Waals surface area (Å²) in [6.45, 7) is 6.28. The van der Waals surface area contributed by atoms with Gasteiger partial charge < -0.3 is 5.32 Å². The summed E-state index contributed by atoms with van der Waals surface area (Å²) >= 11 is 0. The fraction of sp³-hybridized carbons (Fsp3) is 0.600. The number of benzene rings is 1. The predicted molar refractivity (Wildman–Crippen MR) is 120 cm³/mol. The number of likely N-dealkylation sites (tertiary alicyclic amines) is 1. The van der Waals surface area contributed by atoms with Gasteiger partial charge in [-0.05, 0) is 87.6 Å². The smallest absolute Gasteiger partial charge is 0.220 e. The molecule has 0 unspecified atom stereocenters. The molecule has 1 N–H and O–H groups in total. The van der Waals surface area contributed by atoms with Crippen LogP contribution in [0.3, 0.4) is 0 Å². The summed E-state index contributed by atoms with van der Waals surface area (Å²) in [6.07, 6.45) is 7.69. The maximum absolute atomic E-state index is 11.9. The Bertz CT molecular complexity index is 829. The van der Waals surface area contributed by atoms with Crippen molar-refractivity contribution in [2.45, 2.75) is 58.4 Å². The van der Waals surface area contributed by atoms with Gasteiger partial charge in [0.1, 0.15) is 0 Å². The van der Waals surface area contributed by atoms with Gasteiger partial charge in [0.2, 0.25) is 5.91 Å². The van der Waals surface area contributed by atoms with Crippen molar-refractivity contribution in [1.82, 2.24) is 20.0 Å². The Kier molecular flexibility index (Phi) is 6.88. The third-order valence-corrected chi connectivity index (χ3v) is 6.66. The van der Waals surface area contributed by atoms with Gasteiger partial charge >= 0.3 is 0 Å². The fourth-order valence-electron chi connectivity index (χ4n) is 4.49. The topological polar surface area (TPSA) is 50.2 Å². The van der Waals surface area contributed by atoms with Crippen molar-refractivity contribution < 1.29 is 4.79 Å². The lowest BCUT2D eigenvalue weighted by Crippen LogP contribution is -2.34. The van der Waals surface area contributed by atoms with Gasteiger partial charge in [-0.25, -0.2) is 0 Å². The maximum Gasteiger partial charge on any atom is 0.220 e. The lowest BCUT2D eigenvalue weighted by atomic mass is 9.89. The van der Waals surface area contributed by atoms with Crippen LogP contribution in [0.25, 0.3) is 0 Å². The Morgan fingerprint density at radius 1 is 1.07 bits per heavy atom. The second kappa shape index (κ2) is 9.78. The molecule has 5 nitrogen and oxygen atoms in total. The van der Waals surface area contributed by atoms with Crippen LogP contribution in [0.1, 0.15) is 54.6 Å². The Hall–Kier alpha value is -2.14. The number of aryl methyl sites for hydroxylation is 3. The second-order valence-corrected chi connectivity index (χ2v) is 9.39. The third kappa shape index (κ3) is 6.18. The SMILES string of the molecule is Cc1cc(CN2CCC(Cc3ccc(CCC(=O)NCC4CC4)cc3)CC2)n(C)n1. The molecule has 1 aromatic heterocycles. The summed E-state index contributed by atoms with van der Waals surface area (Å²) in [7, 11) is 2.04. The molecule has 30 heavy (non-hydrogen) atoms. The van der Waals surface area contributed by atoms with Crippen molar-refractivity contribution in [2.75, 3.05) is 19.6 Å². The third-order valence-electron chi connectivity index (χ3n) is 6.66. The average molecular weight is 409 g/mol. The van der Waals surface area contributed by atoms with Gasteiger partial charge in [0.25, 0.3) is 0 Å². The molecule has 0 spiro atoms. The largest absolute Gasteiger partial charge is 0.356 e. The summed E-state index contributed by atoms with van der Waals surface area (Å²) in [5.74, 6) is 1.71. The monoisotopic (exact) mass is 408 g/mol. The molecular weight excluding hydrogens is 372 g/mol. The summed E-state index contributed by atoms with van der Waals surface area (Å²) < 4.78 is 2.01. The van der Waals surface area contributed by atoms with Crippen LogP contribution < -0.4 is 5.32 Å². The quantitative estimate of drug-likeness (QED) is 0.689. The minimum atomic E-state index is 0.194. The molecule has 1 saturated carbocycles. The molecule has 2 aromatic rings. The first kappa shape index (κ1) is 21.1. The molecular formula is C25H36N4O. The molecule has 4 rings (SSSR count). The number of nitrogens with zero attached hydrogens (tertiary/aromatic N) is 3. The van der Waals surface area contributed by atoms with Crippen LogP contribution in [-0.4, -0.2) is 40.2 Å². The first-order valence-electron chi connectivity index (χ1n) is 11.6. The van der Waals surface area contributed by atoms with E-state index < -0.39 is 0 Å². The number of aromatic nitrogens is 2. The van der Waals surface area contributed by atoms with Gasteiger partial charge in [-0.3, -0.25) is 14.4 Å². The summed E-state index contributed by atoms with van der Waals surface area (Å²) in [6, 6.07) is 11.2. The lowest BCUT2D eigenvalue weighted by Gasteiger charge is -2.32. The summed E-state index contributed by atoms with van der Waals surface area (Å²) in [5, 5.41) is 7.52. The molecule has 1 aromatic carbocycles. The zero-order valence-corrected chi connectivity index (χ0v) is 18.6. The van der Waals surface area contributed by atoms with Crippen LogP contribution >= 0.6 is 0 Å². The first-order valence-corrected chi connectivity index (χ1v) is 11.6. The molecule has 0 atom stereocenters. The fourth-order valence-corrected chi connectivity index (χ4v) is 4.49. The number of carbonyl (C=O) groups is 1. The molecule has 2 fully saturated rings. The molecule has 0 bridgehead atoms. The number of nitrogens with one attached hydrogen (secondary N) is 1. The van der Waals surface area contributed by atoms with Gasteiger partial charge in [-0.15, -0.1) is 0 Å². The van der Waals surface area contributed by atoms with E-state index in [1.807, 2.05) is 11.7 Å². The van der Waals surface area contributed by atoms with Crippen molar-refractivity contribution in [2.24, 2.45) is 18.9 Å². The number of piperidine rings is 1. The molecule has 2 heterocycles. The van der Waals surface area contributed by atoms with Crippen LogP contribution in [0.2, 0.25) is 0 Å². The van der Waals surface area contributed by atoms with Gasteiger partial charge in [0, 0.05) is 26.6 Å². The van der Waals surface area contributed by atoms with Crippen LogP contribution in [-0.2, 0) is 31.2 Å². The van der Waals surface area contributed by atoms with E-state index in [0.29, 0.717) is 6.42 Å². The zero-order valence-electron chi connectivity index (χ0n) is 18.6.